The van der Waals surface area contributed by atoms with E-state index in [1.165, 1.54) is 18.2 Å². The van der Waals surface area contributed by atoms with Gasteiger partial charge in [-0.2, -0.15) is 14.0 Å². The van der Waals surface area contributed by atoms with Crippen LogP contribution in [0.4, 0.5) is 8.78 Å². The van der Waals surface area contributed by atoms with Crippen molar-refractivity contribution < 1.29 is 22.0 Å². The Bertz CT molecular complexity index is 1240. The molecule has 6 nitrogen and oxygen atoms in total. The fourth-order valence-corrected chi connectivity index (χ4v) is 6.30. The molecule has 1 amide bonds. The number of carbonyl (C=O) groups is 1. The van der Waals surface area contributed by atoms with Crippen molar-refractivity contribution in [2.75, 3.05) is 6.54 Å². The van der Waals surface area contributed by atoms with Gasteiger partial charge >= 0.3 is 0 Å². The van der Waals surface area contributed by atoms with Crippen LogP contribution in [-0.2, 0) is 27.1 Å². The van der Waals surface area contributed by atoms with E-state index in [9.17, 15) is 27.3 Å². The van der Waals surface area contributed by atoms with E-state index in [1.807, 2.05) is 30.3 Å². The molecule has 2 fully saturated rings. The maximum Gasteiger partial charge on any atom is 0.292 e. The lowest BCUT2D eigenvalue weighted by atomic mass is 10.1. The second-order valence-electron chi connectivity index (χ2n) is 8.84. The standard InChI is InChI=1S/C25H25F2N3O3S/c1-2-25(26,27)20-10-6-7-11-22(20)34(32,33)19-14-21(23(31)29-24(17-28)12-13-24)30(16-19)15-18-8-4-3-5-9-18/h2-11,19,21H,1,12-16H2,(H,29,31)/t19-,21+/m1/s1. The lowest BCUT2D eigenvalue weighted by Crippen LogP contribution is -2.47. The number of alkyl halides is 2. The zero-order chi connectivity index (χ0) is 24.6. The van der Waals surface area contributed by atoms with Gasteiger partial charge in [-0.1, -0.05) is 55.1 Å². The molecule has 1 aliphatic carbocycles. The van der Waals surface area contributed by atoms with Crippen LogP contribution in [0.5, 0.6) is 0 Å². The first-order chi connectivity index (χ1) is 16.1. The average Bonchev–Trinajstić information content (AvgIpc) is 3.48. The Morgan fingerprint density at radius 3 is 2.47 bits per heavy atom. The van der Waals surface area contributed by atoms with Gasteiger partial charge in [-0.15, -0.1) is 0 Å². The van der Waals surface area contributed by atoms with E-state index in [4.69, 9.17) is 0 Å². The molecule has 9 heteroatoms. The number of hydrogen-bond acceptors (Lipinski definition) is 5. The van der Waals surface area contributed by atoms with Crippen molar-refractivity contribution in [2.24, 2.45) is 0 Å². The van der Waals surface area contributed by atoms with E-state index in [0.29, 0.717) is 25.5 Å². The third-order valence-corrected chi connectivity index (χ3v) is 8.66. The fraction of sp³-hybridized carbons (Fsp3) is 0.360. The summed E-state index contributed by atoms with van der Waals surface area (Å²) in [6.45, 7) is 3.46. The topological polar surface area (TPSA) is 90.3 Å². The van der Waals surface area contributed by atoms with Gasteiger partial charge in [0.15, 0.2) is 9.84 Å². The average molecular weight is 486 g/mol. The molecule has 1 N–H and O–H groups in total. The predicted molar refractivity (Wildman–Crippen MR) is 122 cm³/mol. The van der Waals surface area contributed by atoms with Crippen molar-refractivity contribution in [1.29, 1.82) is 5.26 Å². The monoisotopic (exact) mass is 485 g/mol. The molecule has 1 saturated heterocycles. The zero-order valence-electron chi connectivity index (χ0n) is 18.5. The SMILES string of the molecule is C=CC(F)(F)c1ccccc1S(=O)(=O)[C@@H]1C[C@@H](C(=O)NC2(C#N)CC2)N(Cc2ccccc2)C1. The summed E-state index contributed by atoms with van der Waals surface area (Å²) in [7, 11) is -4.20. The van der Waals surface area contributed by atoms with Crippen LogP contribution in [0.15, 0.2) is 72.1 Å². The van der Waals surface area contributed by atoms with E-state index in [1.54, 1.807) is 4.90 Å². The Hall–Kier alpha value is -3.09. The molecule has 178 valence electrons. The van der Waals surface area contributed by atoms with Crippen molar-refractivity contribution in [3.63, 3.8) is 0 Å². The Morgan fingerprint density at radius 1 is 1.21 bits per heavy atom. The van der Waals surface area contributed by atoms with Crippen molar-refractivity contribution in [1.82, 2.24) is 10.2 Å². The summed E-state index contributed by atoms with van der Waals surface area (Å²) in [5.41, 5.74) is -0.641. The third kappa shape index (κ3) is 4.61. The van der Waals surface area contributed by atoms with Crippen LogP contribution in [0, 0.1) is 11.3 Å². The quantitative estimate of drug-likeness (QED) is 0.578. The number of rotatable bonds is 8. The first-order valence-electron chi connectivity index (χ1n) is 11.0. The molecule has 0 unspecified atom stereocenters. The molecule has 0 aromatic heterocycles. The van der Waals surface area contributed by atoms with Crippen molar-refractivity contribution in [3.8, 4) is 6.07 Å². The van der Waals surface area contributed by atoms with Crippen LogP contribution in [0.25, 0.3) is 0 Å². The van der Waals surface area contributed by atoms with Gasteiger partial charge in [0, 0.05) is 18.7 Å². The van der Waals surface area contributed by atoms with E-state index >= 15 is 0 Å². The predicted octanol–water partition coefficient (Wildman–Crippen LogP) is 3.55. The second kappa shape index (κ2) is 8.93. The number of nitriles is 1. The minimum atomic E-state index is -4.20. The second-order valence-corrected chi connectivity index (χ2v) is 11.0. The molecule has 0 bridgehead atoms. The lowest BCUT2D eigenvalue weighted by Gasteiger charge is -2.24. The van der Waals surface area contributed by atoms with Crippen LogP contribution in [0.3, 0.4) is 0 Å². The number of allylic oxidation sites excluding steroid dienone is 1. The van der Waals surface area contributed by atoms with Gasteiger partial charge in [0.2, 0.25) is 5.91 Å². The smallest absolute Gasteiger partial charge is 0.292 e. The Kier molecular flexibility index (Phi) is 6.32. The van der Waals surface area contributed by atoms with Crippen LogP contribution < -0.4 is 5.32 Å². The van der Waals surface area contributed by atoms with Gasteiger partial charge in [-0.3, -0.25) is 9.69 Å². The number of sulfone groups is 1. The molecule has 2 atom stereocenters. The summed E-state index contributed by atoms with van der Waals surface area (Å²) in [5, 5.41) is 11.1. The van der Waals surface area contributed by atoms with Crippen LogP contribution >= 0.6 is 0 Å². The molecule has 0 radical (unpaired) electrons. The van der Waals surface area contributed by atoms with Gasteiger partial charge in [0.1, 0.15) is 5.54 Å². The molecule has 0 spiro atoms. The number of amides is 1. The number of carbonyl (C=O) groups excluding carboxylic acids is 1. The number of halogens is 2. The molecule has 1 aliphatic heterocycles. The number of benzene rings is 2. The number of nitrogens with zero attached hydrogens (tertiary/aromatic N) is 2. The summed E-state index contributed by atoms with van der Waals surface area (Å²) in [5.74, 6) is -3.94. The Labute approximate surface area is 197 Å². The van der Waals surface area contributed by atoms with Crippen LogP contribution in [0.2, 0.25) is 0 Å². The minimum Gasteiger partial charge on any atom is -0.336 e. The molecular formula is C25H25F2N3O3S. The van der Waals surface area contributed by atoms with Gasteiger partial charge in [-0.05, 0) is 37.0 Å². The third-order valence-electron chi connectivity index (χ3n) is 6.47. The molecule has 4 rings (SSSR count). The molecule has 2 aromatic carbocycles. The van der Waals surface area contributed by atoms with E-state index in [0.717, 1.165) is 11.6 Å². The lowest BCUT2D eigenvalue weighted by molar-refractivity contribution is -0.126. The maximum absolute atomic E-state index is 14.5. The highest BCUT2D eigenvalue weighted by atomic mass is 32.2. The summed E-state index contributed by atoms with van der Waals surface area (Å²) < 4.78 is 56.1. The molecule has 34 heavy (non-hydrogen) atoms. The summed E-state index contributed by atoms with van der Waals surface area (Å²) in [4.78, 5) is 14.4. The van der Waals surface area contributed by atoms with E-state index < -0.39 is 49.0 Å². The molecule has 2 aromatic rings. The molecule has 1 saturated carbocycles. The number of likely N-dealkylation sites (tertiary alicyclic amines) is 1. The molecule has 1 heterocycles. The first-order valence-corrected chi connectivity index (χ1v) is 12.5. The van der Waals surface area contributed by atoms with Crippen LogP contribution in [0.1, 0.15) is 30.4 Å². The van der Waals surface area contributed by atoms with Crippen molar-refractivity contribution in [3.05, 3.63) is 78.4 Å². The highest BCUT2D eigenvalue weighted by molar-refractivity contribution is 7.92. The van der Waals surface area contributed by atoms with E-state index in [2.05, 4.69) is 18.0 Å². The summed E-state index contributed by atoms with van der Waals surface area (Å²) >= 11 is 0. The normalized spacial score (nSPS) is 22.0. The fourth-order valence-electron chi connectivity index (χ4n) is 4.34. The van der Waals surface area contributed by atoms with E-state index in [-0.39, 0.29) is 13.0 Å². The zero-order valence-corrected chi connectivity index (χ0v) is 19.3. The van der Waals surface area contributed by atoms with Crippen LogP contribution in [-0.4, -0.2) is 42.6 Å². The largest absolute Gasteiger partial charge is 0.336 e. The van der Waals surface area contributed by atoms with Gasteiger partial charge < -0.3 is 5.32 Å². The molecule has 2 aliphatic rings. The highest BCUT2D eigenvalue weighted by Crippen LogP contribution is 2.39. The van der Waals surface area contributed by atoms with Gasteiger partial charge in [0.05, 0.1) is 22.3 Å². The van der Waals surface area contributed by atoms with Crippen molar-refractivity contribution >= 4 is 15.7 Å². The van der Waals surface area contributed by atoms with Gasteiger partial charge in [0.25, 0.3) is 5.92 Å². The minimum absolute atomic E-state index is 0.00284. The summed E-state index contributed by atoms with van der Waals surface area (Å²) in [6, 6.07) is 15.6. The molecular weight excluding hydrogens is 460 g/mol. The number of nitrogens with one attached hydrogen (secondary N) is 1. The Balaban J connectivity index is 1.66. The highest BCUT2D eigenvalue weighted by Gasteiger charge is 2.49. The number of hydrogen-bond donors (Lipinski definition) is 1. The Morgan fingerprint density at radius 2 is 1.85 bits per heavy atom. The van der Waals surface area contributed by atoms with Gasteiger partial charge in [-0.25, -0.2) is 8.42 Å². The maximum atomic E-state index is 14.5. The summed E-state index contributed by atoms with van der Waals surface area (Å²) in [6.07, 6.45) is 1.46. The first kappa shape index (κ1) is 24.0. The van der Waals surface area contributed by atoms with Crippen molar-refractivity contribution in [2.45, 2.75) is 53.5 Å².